The molecule has 0 aliphatic rings. The van der Waals surface area contributed by atoms with Gasteiger partial charge in [0.2, 0.25) is 5.95 Å². The second kappa shape index (κ2) is 3.56. The van der Waals surface area contributed by atoms with Gasteiger partial charge in [0.05, 0.1) is 0 Å². The predicted molar refractivity (Wildman–Crippen MR) is 48.0 cm³/mol. The van der Waals surface area contributed by atoms with Gasteiger partial charge in [-0.15, -0.1) is 6.58 Å². The molecule has 0 aliphatic heterocycles. The fraction of sp³-hybridized carbons (Fsp3) is 0.143. The number of guanidine groups is 1. The number of H-pyrrole nitrogens is 1. The van der Waals surface area contributed by atoms with Crippen molar-refractivity contribution in [3.05, 3.63) is 25.0 Å². The number of nitrogens with zero attached hydrogens (tertiary/aromatic N) is 2. The van der Waals surface area contributed by atoms with E-state index in [2.05, 4.69) is 16.5 Å². The second-order valence-electron chi connectivity index (χ2n) is 2.20. The molecule has 5 nitrogen and oxygen atoms in total. The van der Waals surface area contributed by atoms with Crippen LogP contribution < -0.4 is 10.6 Å². The summed E-state index contributed by atoms with van der Waals surface area (Å²) in [5.74, 6) is 0.507. The Morgan fingerprint density at radius 2 is 2.67 bits per heavy atom. The number of aromatic nitrogens is 2. The van der Waals surface area contributed by atoms with Crippen molar-refractivity contribution in [1.29, 1.82) is 5.41 Å². The third kappa shape index (κ3) is 1.63. The number of rotatable bonds is 3. The van der Waals surface area contributed by atoms with Crippen molar-refractivity contribution < 1.29 is 0 Å². The Morgan fingerprint density at radius 1 is 1.92 bits per heavy atom. The van der Waals surface area contributed by atoms with Crippen LogP contribution >= 0.6 is 0 Å². The van der Waals surface area contributed by atoms with Crippen LogP contribution in [0.3, 0.4) is 0 Å². The van der Waals surface area contributed by atoms with Crippen LogP contribution in [-0.2, 0) is 0 Å². The van der Waals surface area contributed by atoms with Gasteiger partial charge in [0, 0.05) is 18.9 Å². The fourth-order valence-electron chi connectivity index (χ4n) is 0.833. The molecule has 0 bridgehead atoms. The average molecular weight is 165 g/mol. The molecule has 1 aromatic heterocycles. The number of hydrogen-bond donors (Lipinski definition) is 3. The molecule has 1 heterocycles. The standard InChI is InChI=1S/C7H11N5/c1-2-5-12(6(8)9)7-10-3-4-11-7/h2-4H,1,5H2,(H3,8,9)(H,10,11). The Bertz CT molecular complexity index is 263. The number of aromatic amines is 1. The topological polar surface area (TPSA) is 81.8 Å². The van der Waals surface area contributed by atoms with E-state index in [-0.39, 0.29) is 5.96 Å². The van der Waals surface area contributed by atoms with Gasteiger partial charge in [-0.25, -0.2) is 4.98 Å². The Hall–Kier alpha value is -1.78. The summed E-state index contributed by atoms with van der Waals surface area (Å²) >= 11 is 0. The van der Waals surface area contributed by atoms with Gasteiger partial charge in [0.1, 0.15) is 0 Å². The Kier molecular flexibility index (Phi) is 2.47. The summed E-state index contributed by atoms with van der Waals surface area (Å²) in [5.41, 5.74) is 5.32. The molecule has 64 valence electrons. The normalized spacial score (nSPS) is 9.33. The van der Waals surface area contributed by atoms with E-state index in [0.717, 1.165) is 0 Å². The average Bonchev–Trinajstić information content (AvgIpc) is 2.51. The molecule has 0 atom stereocenters. The first-order chi connectivity index (χ1) is 5.75. The van der Waals surface area contributed by atoms with Crippen molar-refractivity contribution in [2.45, 2.75) is 0 Å². The molecule has 0 unspecified atom stereocenters. The van der Waals surface area contributed by atoms with E-state index in [1.54, 1.807) is 18.5 Å². The summed E-state index contributed by atoms with van der Waals surface area (Å²) in [4.78, 5) is 8.31. The van der Waals surface area contributed by atoms with Gasteiger partial charge < -0.3 is 10.7 Å². The van der Waals surface area contributed by atoms with Gasteiger partial charge in [-0.2, -0.15) is 0 Å². The minimum absolute atomic E-state index is 0.0511. The van der Waals surface area contributed by atoms with Crippen molar-refractivity contribution in [2.75, 3.05) is 11.4 Å². The molecular formula is C7H11N5. The highest BCUT2D eigenvalue weighted by molar-refractivity contribution is 5.90. The minimum atomic E-state index is -0.0511. The summed E-state index contributed by atoms with van der Waals surface area (Å²) in [7, 11) is 0. The first-order valence-corrected chi connectivity index (χ1v) is 3.47. The van der Waals surface area contributed by atoms with E-state index in [0.29, 0.717) is 12.5 Å². The maximum absolute atomic E-state index is 7.23. The highest BCUT2D eigenvalue weighted by Crippen LogP contribution is 2.03. The van der Waals surface area contributed by atoms with Crippen molar-refractivity contribution >= 4 is 11.9 Å². The Morgan fingerprint density at radius 3 is 3.08 bits per heavy atom. The van der Waals surface area contributed by atoms with Gasteiger partial charge in [-0.1, -0.05) is 6.08 Å². The zero-order valence-electron chi connectivity index (χ0n) is 6.62. The van der Waals surface area contributed by atoms with Crippen LogP contribution in [-0.4, -0.2) is 22.5 Å². The maximum Gasteiger partial charge on any atom is 0.209 e. The molecule has 4 N–H and O–H groups in total. The van der Waals surface area contributed by atoms with Crippen LogP contribution in [0.1, 0.15) is 0 Å². The zero-order valence-corrected chi connectivity index (χ0v) is 6.62. The van der Waals surface area contributed by atoms with Gasteiger partial charge >= 0.3 is 0 Å². The molecule has 0 saturated carbocycles. The van der Waals surface area contributed by atoms with E-state index in [1.807, 2.05) is 0 Å². The third-order valence-electron chi connectivity index (χ3n) is 1.34. The molecule has 0 radical (unpaired) electrons. The Balaban J connectivity index is 2.80. The predicted octanol–water partition coefficient (Wildman–Crippen LogP) is 0.296. The number of anilines is 1. The van der Waals surface area contributed by atoms with Crippen LogP contribution in [0.25, 0.3) is 0 Å². The van der Waals surface area contributed by atoms with Gasteiger partial charge in [0.15, 0.2) is 5.96 Å². The molecule has 0 saturated heterocycles. The largest absolute Gasteiger partial charge is 0.370 e. The van der Waals surface area contributed by atoms with Crippen LogP contribution in [0.4, 0.5) is 5.95 Å². The molecule has 0 aromatic carbocycles. The third-order valence-corrected chi connectivity index (χ3v) is 1.34. The van der Waals surface area contributed by atoms with Crippen molar-refractivity contribution in [2.24, 2.45) is 5.73 Å². The SMILES string of the molecule is C=CCN(C(=N)N)c1ncc[nH]1. The molecule has 1 rings (SSSR count). The summed E-state index contributed by atoms with van der Waals surface area (Å²) in [6.45, 7) is 4.03. The summed E-state index contributed by atoms with van der Waals surface area (Å²) in [6.07, 6.45) is 4.94. The summed E-state index contributed by atoms with van der Waals surface area (Å²) in [6, 6.07) is 0. The smallest absolute Gasteiger partial charge is 0.209 e. The highest BCUT2D eigenvalue weighted by atomic mass is 15.3. The summed E-state index contributed by atoms with van der Waals surface area (Å²) < 4.78 is 0. The molecule has 12 heavy (non-hydrogen) atoms. The van der Waals surface area contributed by atoms with Crippen LogP contribution in [0.5, 0.6) is 0 Å². The molecule has 0 fully saturated rings. The van der Waals surface area contributed by atoms with Crippen LogP contribution in [0.2, 0.25) is 0 Å². The van der Waals surface area contributed by atoms with Crippen molar-refractivity contribution in [3.8, 4) is 0 Å². The van der Waals surface area contributed by atoms with Gasteiger partial charge in [0.25, 0.3) is 0 Å². The zero-order chi connectivity index (χ0) is 8.97. The highest BCUT2D eigenvalue weighted by Gasteiger charge is 2.08. The van der Waals surface area contributed by atoms with E-state index >= 15 is 0 Å². The lowest BCUT2D eigenvalue weighted by Gasteiger charge is -2.16. The van der Waals surface area contributed by atoms with Crippen LogP contribution in [0, 0.1) is 5.41 Å². The van der Waals surface area contributed by atoms with Gasteiger partial charge in [-0.05, 0) is 0 Å². The number of nitrogens with one attached hydrogen (secondary N) is 2. The molecule has 0 spiro atoms. The second-order valence-corrected chi connectivity index (χ2v) is 2.20. The van der Waals surface area contributed by atoms with Crippen molar-refractivity contribution in [1.82, 2.24) is 9.97 Å². The van der Waals surface area contributed by atoms with Crippen LogP contribution in [0.15, 0.2) is 25.0 Å². The van der Waals surface area contributed by atoms with E-state index < -0.39 is 0 Å². The lowest BCUT2D eigenvalue weighted by Crippen LogP contribution is -2.37. The minimum Gasteiger partial charge on any atom is -0.370 e. The molecule has 0 amide bonds. The quantitative estimate of drug-likeness (QED) is 0.342. The van der Waals surface area contributed by atoms with E-state index in [4.69, 9.17) is 11.1 Å². The molecular weight excluding hydrogens is 154 g/mol. The van der Waals surface area contributed by atoms with E-state index in [1.165, 1.54) is 4.90 Å². The molecule has 1 aromatic rings. The Labute approximate surface area is 70.4 Å². The van der Waals surface area contributed by atoms with Gasteiger partial charge in [-0.3, -0.25) is 10.3 Å². The number of imidazole rings is 1. The molecule has 5 heteroatoms. The lowest BCUT2D eigenvalue weighted by atomic mass is 10.5. The van der Waals surface area contributed by atoms with E-state index in [9.17, 15) is 0 Å². The molecule has 0 aliphatic carbocycles. The first kappa shape index (κ1) is 8.32. The monoisotopic (exact) mass is 165 g/mol. The first-order valence-electron chi connectivity index (χ1n) is 3.47. The number of nitrogens with two attached hydrogens (primary N) is 1. The fourth-order valence-corrected chi connectivity index (χ4v) is 0.833. The number of hydrogen-bond acceptors (Lipinski definition) is 2. The summed E-state index contributed by atoms with van der Waals surface area (Å²) in [5, 5.41) is 7.23. The maximum atomic E-state index is 7.23. The van der Waals surface area contributed by atoms with Crippen molar-refractivity contribution in [3.63, 3.8) is 0 Å². The lowest BCUT2D eigenvalue weighted by molar-refractivity contribution is 1.03.